The molecule has 0 heterocycles. The molecule has 0 fully saturated rings. The van der Waals surface area contributed by atoms with E-state index in [-0.39, 0.29) is 0 Å². The molecule has 2 aromatic carbocycles. The van der Waals surface area contributed by atoms with Crippen LogP contribution in [-0.4, -0.2) is 5.78 Å². The highest BCUT2D eigenvalue weighted by Crippen LogP contribution is 2.28. The van der Waals surface area contributed by atoms with Crippen molar-refractivity contribution < 1.29 is 9.53 Å². The number of ketones is 1. The van der Waals surface area contributed by atoms with Crippen LogP contribution < -0.4 is 4.74 Å². The van der Waals surface area contributed by atoms with Crippen LogP contribution in [0.2, 0.25) is 0 Å². The van der Waals surface area contributed by atoms with Crippen molar-refractivity contribution in [2.24, 2.45) is 0 Å². The van der Waals surface area contributed by atoms with Crippen LogP contribution in [0.3, 0.4) is 0 Å². The molecule has 0 amide bonds. The summed E-state index contributed by atoms with van der Waals surface area (Å²) in [5.41, 5.74) is 1.28. The fraction of sp³-hybridized carbons (Fsp3) is 0.350. The molecule has 2 rings (SSSR count). The molecule has 0 aromatic heterocycles. The predicted molar refractivity (Wildman–Crippen MR) is 90.5 cm³/mol. The van der Waals surface area contributed by atoms with E-state index < -0.39 is 0 Å². The number of carbonyl (C=O) groups excluding carboxylic acids is 1. The minimum Gasteiger partial charge on any atom is -0.457 e. The van der Waals surface area contributed by atoms with E-state index in [9.17, 15) is 4.79 Å². The maximum absolute atomic E-state index is 11.5. The van der Waals surface area contributed by atoms with Gasteiger partial charge in [-0.25, -0.2) is 0 Å². The lowest BCUT2D eigenvalue weighted by molar-refractivity contribution is -0.118. The molecule has 0 aliphatic rings. The Morgan fingerprint density at radius 1 is 0.955 bits per heavy atom. The van der Waals surface area contributed by atoms with Crippen molar-refractivity contribution in [2.45, 2.75) is 45.4 Å². The normalized spacial score (nSPS) is 11.9. The topological polar surface area (TPSA) is 26.3 Å². The van der Waals surface area contributed by atoms with Crippen LogP contribution in [0.4, 0.5) is 0 Å². The van der Waals surface area contributed by atoms with Crippen LogP contribution >= 0.6 is 0 Å². The van der Waals surface area contributed by atoms with E-state index in [2.05, 4.69) is 19.1 Å². The Balaban J connectivity index is 1.99. The van der Waals surface area contributed by atoms with Gasteiger partial charge in [-0.1, -0.05) is 44.2 Å². The van der Waals surface area contributed by atoms with Crippen molar-refractivity contribution in [1.82, 2.24) is 0 Å². The number of carbonyl (C=O) groups is 1. The van der Waals surface area contributed by atoms with Crippen LogP contribution in [0.5, 0.6) is 11.5 Å². The summed E-state index contributed by atoms with van der Waals surface area (Å²) in [5.74, 6) is 2.48. The van der Waals surface area contributed by atoms with E-state index in [4.69, 9.17) is 4.74 Å². The average Bonchev–Trinajstić information content (AvgIpc) is 2.57. The zero-order valence-electron chi connectivity index (χ0n) is 13.4. The van der Waals surface area contributed by atoms with Gasteiger partial charge in [0.1, 0.15) is 17.3 Å². The summed E-state index contributed by atoms with van der Waals surface area (Å²) in [6.07, 6.45) is 3.30. The quantitative estimate of drug-likeness (QED) is 0.621. The second-order valence-electron chi connectivity index (χ2n) is 5.52. The lowest BCUT2D eigenvalue weighted by Gasteiger charge is -2.15. The molecule has 1 atom stereocenters. The van der Waals surface area contributed by atoms with E-state index in [1.54, 1.807) is 0 Å². The van der Waals surface area contributed by atoms with Crippen molar-refractivity contribution in [1.29, 1.82) is 0 Å². The van der Waals surface area contributed by atoms with Crippen LogP contribution in [0, 0.1) is 0 Å². The number of rotatable bonds is 8. The van der Waals surface area contributed by atoms with Crippen molar-refractivity contribution in [3.05, 3.63) is 60.2 Å². The molecule has 22 heavy (non-hydrogen) atoms. The first-order valence-corrected chi connectivity index (χ1v) is 8.07. The molecule has 0 bridgehead atoms. The third-order valence-corrected chi connectivity index (χ3v) is 3.99. The number of hydrogen-bond donors (Lipinski definition) is 0. The molecule has 0 spiro atoms. The number of para-hydroxylation sites is 1. The van der Waals surface area contributed by atoms with Gasteiger partial charge in [0, 0.05) is 12.8 Å². The van der Waals surface area contributed by atoms with Gasteiger partial charge in [-0.2, -0.15) is 0 Å². The van der Waals surface area contributed by atoms with Crippen molar-refractivity contribution in [3.8, 4) is 11.5 Å². The van der Waals surface area contributed by atoms with Crippen molar-refractivity contribution in [2.75, 3.05) is 0 Å². The first-order valence-electron chi connectivity index (χ1n) is 8.07. The molecule has 0 saturated heterocycles. The van der Waals surface area contributed by atoms with E-state index in [1.165, 1.54) is 5.56 Å². The van der Waals surface area contributed by atoms with E-state index in [0.29, 0.717) is 24.5 Å². The van der Waals surface area contributed by atoms with Gasteiger partial charge in [-0.05, 0) is 48.6 Å². The fourth-order valence-electron chi connectivity index (χ4n) is 2.55. The molecule has 2 aromatic rings. The molecular formula is C20H24O2. The Morgan fingerprint density at radius 2 is 1.59 bits per heavy atom. The summed E-state index contributed by atoms with van der Waals surface area (Å²) in [7, 11) is 0. The van der Waals surface area contributed by atoms with E-state index in [1.807, 2.05) is 49.4 Å². The molecule has 0 aliphatic carbocycles. The Bertz CT molecular complexity index is 572. The highest BCUT2D eigenvalue weighted by Gasteiger charge is 2.11. The molecule has 0 saturated carbocycles. The fourth-order valence-corrected chi connectivity index (χ4v) is 2.55. The van der Waals surface area contributed by atoms with Crippen LogP contribution in [0.1, 0.15) is 51.0 Å². The zero-order chi connectivity index (χ0) is 15.8. The Kier molecular flexibility index (Phi) is 6.20. The second-order valence-corrected chi connectivity index (χ2v) is 5.52. The van der Waals surface area contributed by atoms with Crippen LogP contribution in [-0.2, 0) is 4.79 Å². The Hall–Kier alpha value is -2.09. The molecule has 2 nitrogen and oxygen atoms in total. The minimum atomic E-state index is 0.350. The number of hydrogen-bond acceptors (Lipinski definition) is 2. The van der Waals surface area contributed by atoms with Gasteiger partial charge < -0.3 is 4.74 Å². The van der Waals surface area contributed by atoms with Crippen LogP contribution in [0.15, 0.2) is 54.6 Å². The minimum absolute atomic E-state index is 0.350. The lowest BCUT2D eigenvalue weighted by atomic mass is 9.91. The predicted octanol–water partition coefficient (Wildman–Crippen LogP) is 5.73. The molecule has 1 unspecified atom stereocenters. The molecule has 0 aliphatic heterocycles. The Labute approximate surface area is 133 Å². The van der Waals surface area contributed by atoms with E-state index >= 15 is 0 Å². The number of benzene rings is 2. The summed E-state index contributed by atoms with van der Waals surface area (Å²) in [5, 5.41) is 0. The van der Waals surface area contributed by atoms with Gasteiger partial charge in [0.25, 0.3) is 0 Å². The molecular weight excluding hydrogens is 272 g/mol. The standard InChI is InChI=1S/C20H24O2/c1-3-16(10-13-18(21)4-2)17-11-14-20(15-12-17)22-19-8-6-5-7-9-19/h5-9,11-12,14-16H,3-4,10,13H2,1-2H3. The lowest BCUT2D eigenvalue weighted by Crippen LogP contribution is -2.02. The van der Waals surface area contributed by atoms with Gasteiger partial charge in [0.2, 0.25) is 0 Å². The maximum atomic E-state index is 11.5. The zero-order valence-corrected chi connectivity index (χ0v) is 13.4. The summed E-state index contributed by atoms with van der Waals surface area (Å²) in [6, 6.07) is 18.0. The molecule has 0 radical (unpaired) electrons. The molecule has 0 N–H and O–H groups in total. The SMILES string of the molecule is CCC(=O)CCC(CC)c1ccc(Oc2ccccc2)cc1. The first kappa shape index (κ1) is 16.3. The Morgan fingerprint density at radius 3 is 2.18 bits per heavy atom. The van der Waals surface area contributed by atoms with Gasteiger partial charge in [-0.3, -0.25) is 4.79 Å². The highest BCUT2D eigenvalue weighted by atomic mass is 16.5. The van der Waals surface area contributed by atoms with Crippen molar-refractivity contribution >= 4 is 5.78 Å². The van der Waals surface area contributed by atoms with Gasteiger partial charge in [0.05, 0.1) is 0 Å². The summed E-state index contributed by atoms with van der Waals surface area (Å²) >= 11 is 0. The molecule has 2 heteroatoms. The third kappa shape index (κ3) is 4.73. The van der Waals surface area contributed by atoms with Gasteiger partial charge in [0.15, 0.2) is 0 Å². The maximum Gasteiger partial charge on any atom is 0.132 e. The van der Waals surface area contributed by atoms with Crippen LogP contribution in [0.25, 0.3) is 0 Å². The number of ether oxygens (including phenoxy) is 1. The summed E-state index contributed by atoms with van der Waals surface area (Å²) in [4.78, 5) is 11.5. The highest BCUT2D eigenvalue weighted by molar-refractivity contribution is 5.78. The number of Topliss-reactive ketones (excluding diaryl/α,β-unsaturated/α-hetero) is 1. The second kappa shape index (κ2) is 8.38. The van der Waals surface area contributed by atoms with E-state index in [0.717, 1.165) is 24.3 Å². The average molecular weight is 296 g/mol. The van der Waals surface area contributed by atoms with Gasteiger partial charge in [-0.15, -0.1) is 0 Å². The largest absolute Gasteiger partial charge is 0.457 e. The van der Waals surface area contributed by atoms with Gasteiger partial charge >= 0.3 is 0 Å². The smallest absolute Gasteiger partial charge is 0.132 e. The van der Waals surface area contributed by atoms with Crippen molar-refractivity contribution in [3.63, 3.8) is 0 Å². The first-order chi connectivity index (χ1) is 10.7. The molecule has 116 valence electrons. The third-order valence-electron chi connectivity index (χ3n) is 3.99. The monoisotopic (exact) mass is 296 g/mol. The summed E-state index contributed by atoms with van der Waals surface area (Å²) < 4.78 is 5.81. The summed E-state index contributed by atoms with van der Waals surface area (Å²) in [6.45, 7) is 4.11.